The van der Waals surface area contributed by atoms with Gasteiger partial charge >= 0.3 is 0 Å². The van der Waals surface area contributed by atoms with Crippen molar-refractivity contribution in [1.82, 2.24) is 0 Å². The molecule has 4 heteroatoms. The van der Waals surface area contributed by atoms with Crippen LogP contribution >= 0.6 is 11.9 Å². The molecule has 0 bridgehead atoms. The van der Waals surface area contributed by atoms with Crippen molar-refractivity contribution in [2.24, 2.45) is 5.14 Å². The van der Waals surface area contributed by atoms with Crippen molar-refractivity contribution in [1.29, 1.82) is 0 Å². The van der Waals surface area contributed by atoms with Crippen molar-refractivity contribution in [3.05, 3.63) is 47.8 Å². The summed E-state index contributed by atoms with van der Waals surface area (Å²) in [6.45, 7) is 0.690. The van der Waals surface area contributed by atoms with E-state index in [4.69, 9.17) is 9.88 Å². The fourth-order valence-electron chi connectivity index (χ4n) is 2.19. The van der Waals surface area contributed by atoms with Crippen LogP contribution in [-0.2, 0) is 6.42 Å². The summed E-state index contributed by atoms with van der Waals surface area (Å²) in [4.78, 5) is 0.907. The normalized spacial score (nSPS) is 13.2. The van der Waals surface area contributed by atoms with Gasteiger partial charge in [0, 0.05) is 6.42 Å². The Labute approximate surface area is 109 Å². The van der Waals surface area contributed by atoms with Gasteiger partial charge in [-0.3, -0.25) is 5.14 Å². The summed E-state index contributed by atoms with van der Waals surface area (Å²) in [6.07, 6.45) is 0.881. The molecule has 2 aromatic carbocycles. The molecule has 18 heavy (non-hydrogen) atoms. The highest BCUT2D eigenvalue weighted by atomic mass is 32.2. The lowest BCUT2D eigenvalue weighted by molar-refractivity contribution is 0.350. The molecule has 1 heterocycles. The third-order valence-electron chi connectivity index (χ3n) is 3.03. The minimum atomic E-state index is -0.230. The van der Waals surface area contributed by atoms with Crippen LogP contribution in [0.5, 0.6) is 5.75 Å². The zero-order valence-electron chi connectivity index (χ0n) is 9.65. The van der Waals surface area contributed by atoms with Crippen molar-refractivity contribution in [2.45, 2.75) is 11.3 Å². The summed E-state index contributed by atoms with van der Waals surface area (Å²) < 4.78 is 18.8. The molecule has 0 radical (unpaired) electrons. The van der Waals surface area contributed by atoms with Crippen LogP contribution in [0, 0.1) is 5.82 Å². The predicted molar refractivity (Wildman–Crippen MR) is 71.1 cm³/mol. The molecule has 3 rings (SSSR count). The second-order valence-electron chi connectivity index (χ2n) is 4.19. The van der Waals surface area contributed by atoms with E-state index < -0.39 is 0 Å². The Morgan fingerprint density at radius 3 is 2.83 bits per heavy atom. The quantitative estimate of drug-likeness (QED) is 0.842. The van der Waals surface area contributed by atoms with E-state index in [9.17, 15) is 4.39 Å². The summed E-state index contributed by atoms with van der Waals surface area (Å²) >= 11 is 1.17. The van der Waals surface area contributed by atoms with Gasteiger partial charge in [0.25, 0.3) is 0 Å². The van der Waals surface area contributed by atoms with Crippen LogP contribution in [0.1, 0.15) is 5.56 Å². The molecule has 2 N–H and O–H groups in total. The van der Waals surface area contributed by atoms with Crippen molar-refractivity contribution >= 4 is 11.9 Å². The highest BCUT2D eigenvalue weighted by Gasteiger charge is 2.18. The van der Waals surface area contributed by atoms with Gasteiger partial charge in [-0.2, -0.15) is 0 Å². The summed E-state index contributed by atoms with van der Waals surface area (Å²) in [5.74, 6) is 0.647. The molecule has 0 atom stereocenters. The molecule has 0 aliphatic carbocycles. The van der Waals surface area contributed by atoms with E-state index in [-0.39, 0.29) is 5.82 Å². The molecule has 0 amide bonds. The Morgan fingerprint density at radius 1 is 1.17 bits per heavy atom. The minimum Gasteiger partial charge on any atom is -0.492 e. The monoisotopic (exact) mass is 261 g/mol. The molecule has 2 nitrogen and oxygen atoms in total. The highest BCUT2D eigenvalue weighted by Crippen LogP contribution is 2.38. The van der Waals surface area contributed by atoms with Crippen LogP contribution < -0.4 is 9.88 Å². The molecule has 0 aromatic heterocycles. The van der Waals surface area contributed by atoms with E-state index in [1.807, 2.05) is 12.1 Å². The zero-order chi connectivity index (χ0) is 12.5. The highest BCUT2D eigenvalue weighted by molar-refractivity contribution is 7.97. The molecule has 0 fully saturated rings. The van der Waals surface area contributed by atoms with Crippen molar-refractivity contribution < 1.29 is 9.13 Å². The van der Waals surface area contributed by atoms with Gasteiger partial charge in [0.05, 0.1) is 11.5 Å². The van der Waals surface area contributed by atoms with E-state index in [1.54, 1.807) is 6.07 Å². The lowest BCUT2D eigenvalue weighted by atomic mass is 10.0. The van der Waals surface area contributed by atoms with E-state index in [0.717, 1.165) is 33.8 Å². The Kier molecular flexibility index (Phi) is 2.97. The van der Waals surface area contributed by atoms with Gasteiger partial charge < -0.3 is 4.74 Å². The van der Waals surface area contributed by atoms with Crippen LogP contribution in [0.4, 0.5) is 4.39 Å². The fourth-order valence-corrected chi connectivity index (χ4v) is 2.69. The topological polar surface area (TPSA) is 35.2 Å². The largest absolute Gasteiger partial charge is 0.492 e. The number of hydrogen-bond donors (Lipinski definition) is 1. The molecule has 0 spiro atoms. The average Bonchev–Trinajstić information content (AvgIpc) is 2.85. The first-order valence-corrected chi connectivity index (χ1v) is 6.58. The van der Waals surface area contributed by atoms with Crippen LogP contribution in [0.25, 0.3) is 11.1 Å². The number of benzene rings is 2. The van der Waals surface area contributed by atoms with Gasteiger partial charge in [-0.1, -0.05) is 12.1 Å². The second kappa shape index (κ2) is 4.63. The number of halogens is 1. The van der Waals surface area contributed by atoms with Gasteiger partial charge in [-0.15, -0.1) is 0 Å². The van der Waals surface area contributed by atoms with Gasteiger partial charge in [-0.05, 0) is 52.9 Å². The molecular formula is C14H12FNOS. The number of nitrogens with two attached hydrogens (primary N) is 1. The molecule has 0 unspecified atom stereocenters. The maximum Gasteiger partial charge on any atom is 0.137 e. The van der Waals surface area contributed by atoms with Gasteiger partial charge in [0.15, 0.2) is 0 Å². The standard InChI is InChI=1S/C14H12FNOS/c15-12-3-1-2-9(7-12)11-6-10-4-5-17-14(10)13(8-11)18-16/h1-3,6-8H,4-5,16H2. The first-order chi connectivity index (χ1) is 8.78. The molecule has 1 aliphatic heterocycles. The van der Waals surface area contributed by atoms with Gasteiger partial charge in [0.1, 0.15) is 11.6 Å². The van der Waals surface area contributed by atoms with Crippen molar-refractivity contribution in [3.63, 3.8) is 0 Å². The Hall–Kier alpha value is -1.52. The number of hydrogen-bond acceptors (Lipinski definition) is 3. The van der Waals surface area contributed by atoms with Crippen LogP contribution in [0.2, 0.25) is 0 Å². The lowest BCUT2D eigenvalue weighted by Crippen LogP contribution is -1.90. The molecule has 2 aromatic rings. The zero-order valence-corrected chi connectivity index (χ0v) is 10.5. The third-order valence-corrected chi connectivity index (χ3v) is 3.59. The Balaban J connectivity index is 2.13. The summed E-state index contributed by atoms with van der Waals surface area (Å²) in [5.41, 5.74) is 2.98. The molecule has 0 saturated heterocycles. The predicted octanol–water partition coefficient (Wildman–Crippen LogP) is 3.39. The van der Waals surface area contributed by atoms with E-state index >= 15 is 0 Å². The van der Waals surface area contributed by atoms with Crippen molar-refractivity contribution in [2.75, 3.05) is 6.61 Å². The minimum absolute atomic E-state index is 0.230. The fraction of sp³-hybridized carbons (Fsp3) is 0.143. The lowest BCUT2D eigenvalue weighted by Gasteiger charge is -2.09. The first kappa shape index (κ1) is 11.6. The summed E-state index contributed by atoms with van der Waals surface area (Å²) in [7, 11) is 0. The average molecular weight is 261 g/mol. The van der Waals surface area contributed by atoms with Crippen LogP contribution in [0.3, 0.4) is 0 Å². The van der Waals surface area contributed by atoms with Crippen LogP contribution in [0.15, 0.2) is 41.3 Å². The van der Waals surface area contributed by atoms with Gasteiger partial charge in [0.2, 0.25) is 0 Å². The number of ether oxygens (including phenoxy) is 1. The molecule has 0 saturated carbocycles. The molecule has 92 valence electrons. The SMILES string of the molecule is NSc1cc(-c2cccc(F)c2)cc2c1OCC2. The molecule has 1 aliphatic rings. The first-order valence-electron chi connectivity index (χ1n) is 5.70. The van der Waals surface area contributed by atoms with E-state index in [2.05, 4.69) is 6.07 Å². The number of rotatable bonds is 2. The van der Waals surface area contributed by atoms with E-state index in [1.165, 1.54) is 24.1 Å². The molecular weight excluding hydrogens is 249 g/mol. The summed E-state index contributed by atoms with van der Waals surface area (Å²) in [5, 5.41) is 5.66. The van der Waals surface area contributed by atoms with Crippen LogP contribution in [-0.4, -0.2) is 6.61 Å². The third kappa shape index (κ3) is 1.98. The maximum atomic E-state index is 13.3. The smallest absolute Gasteiger partial charge is 0.137 e. The Bertz CT molecular complexity index is 600. The summed E-state index contributed by atoms with van der Waals surface area (Å²) in [6, 6.07) is 10.6. The number of fused-ring (bicyclic) bond motifs is 1. The van der Waals surface area contributed by atoms with Crippen molar-refractivity contribution in [3.8, 4) is 16.9 Å². The second-order valence-corrected chi connectivity index (χ2v) is 4.86. The van der Waals surface area contributed by atoms with Gasteiger partial charge in [-0.25, -0.2) is 4.39 Å². The Morgan fingerprint density at radius 2 is 2.06 bits per heavy atom. The maximum absolute atomic E-state index is 13.3. The van der Waals surface area contributed by atoms with E-state index in [0.29, 0.717) is 6.61 Å².